The molecule has 0 amide bonds. The van der Waals surface area contributed by atoms with Gasteiger partial charge in [0.1, 0.15) is 0 Å². The third-order valence-electron chi connectivity index (χ3n) is 1.94. The van der Waals surface area contributed by atoms with Crippen molar-refractivity contribution in [3.05, 3.63) is 29.3 Å². The van der Waals surface area contributed by atoms with Crippen LogP contribution in [0.4, 0.5) is 4.39 Å². The van der Waals surface area contributed by atoms with E-state index in [1.807, 2.05) is 0 Å². The van der Waals surface area contributed by atoms with Gasteiger partial charge in [0.25, 0.3) is 0 Å². The monoisotopic (exact) mass is 184 g/mol. The average molecular weight is 184 g/mol. The van der Waals surface area contributed by atoms with Crippen molar-refractivity contribution in [2.24, 2.45) is 5.73 Å². The molecule has 1 aromatic heterocycles. The minimum atomic E-state index is -0.660. The molecular formula is C9H13FN2O. The molecule has 0 aliphatic heterocycles. The number of nitrogens with two attached hydrogens (primary N) is 1. The smallest absolute Gasteiger partial charge is 0.215 e. The zero-order chi connectivity index (χ0) is 10.0. The van der Waals surface area contributed by atoms with Crippen molar-refractivity contribution in [3.63, 3.8) is 0 Å². The van der Waals surface area contributed by atoms with Crippen LogP contribution in [0.1, 0.15) is 24.1 Å². The lowest BCUT2D eigenvalue weighted by molar-refractivity contribution is 0.164. The Kier molecular flexibility index (Phi) is 2.95. The standard InChI is InChI=1S/C9H13FN2O/c1-5-3-7(4-12-9(5)10)8(11)6(2)13/h3-4,6,8,13H,11H2,1-2H3/t6-,8-/m1/s1. The summed E-state index contributed by atoms with van der Waals surface area (Å²) >= 11 is 0. The summed E-state index contributed by atoms with van der Waals surface area (Å²) in [7, 11) is 0. The summed E-state index contributed by atoms with van der Waals surface area (Å²) in [6.07, 6.45) is 0.686. The molecule has 4 heteroatoms. The molecule has 0 aliphatic rings. The predicted molar refractivity (Wildman–Crippen MR) is 47.5 cm³/mol. The first-order valence-electron chi connectivity index (χ1n) is 4.08. The molecule has 0 saturated carbocycles. The van der Waals surface area contributed by atoms with Crippen molar-refractivity contribution in [3.8, 4) is 0 Å². The number of halogens is 1. The molecule has 0 bridgehead atoms. The lowest BCUT2D eigenvalue weighted by Crippen LogP contribution is -2.23. The molecule has 2 atom stereocenters. The molecular weight excluding hydrogens is 171 g/mol. The summed E-state index contributed by atoms with van der Waals surface area (Å²) in [6.45, 7) is 3.20. The topological polar surface area (TPSA) is 59.1 Å². The van der Waals surface area contributed by atoms with Crippen molar-refractivity contribution in [2.45, 2.75) is 26.0 Å². The second-order valence-corrected chi connectivity index (χ2v) is 3.14. The van der Waals surface area contributed by atoms with Gasteiger partial charge in [0.15, 0.2) is 0 Å². The first kappa shape index (κ1) is 10.1. The fourth-order valence-corrected chi connectivity index (χ4v) is 1.04. The number of aryl methyl sites for hydroxylation is 1. The van der Waals surface area contributed by atoms with Crippen LogP contribution in [0.25, 0.3) is 0 Å². The Labute approximate surface area is 76.4 Å². The molecule has 1 rings (SSSR count). The van der Waals surface area contributed by atoms with Crippen molar-refractivity contribution < 1.29 is 9.50 Å². The van der Waals surface area contributed by atoms with Crippen LogP contribution in [0.15, 0.2) is 12.3 Å². The Hall–Kier alpha value is -1.00. The molecule has 0 saturated heterocycles. The summed E-state index contributed by atoms with van der Waals surface area (Å²) in [4.78, 5) is 3.52. The van der Waals surface area contributed by atoms with E-state index in [2.05, 4.69) is 4.98 Å². The largest absolute Gasteiger partial charge is 0.391 e. The number of pyridine rings is 1. The van der Waals surface area contributed by atoms with Crippen LogP contribution in [0, 0.1) is 12.9 Å². The third-order valence-corrected chi connectivity index (χ3v) is 1.94. The first-order chi connectivity index (χ1) is 6.02. The maximum Gasteiger partial charge on any atom is 0.215 e. The van der Waals surface area contributed by atoms with E-state index in [9.17, 15) is 9.50 Å². The number of rotatable bonds is 2. The van der Waals surface area contributed by atoms with Gasteiger partial charge in [-0.2, -0.15) is 4.39 Å². The molecule has 1 heterocycles. The van der Waals surface area contributed by atoms with Crippen LogP contribution in [0.2, 0.25) is 0 Å². The molecule has 0 aromatic carbocycles. The van der Waals surface area contributed by atoms with Crippen LogP contribution >= 0.6 is 0 Å². The number of hydrogen-bond acceptors (Lipinski definition) is 3. The lowest BCUT2D eigenvalue weighted by Gasteiger charge is -2.14. The third kappa shape index (κ3) is 2.23. The van der Waals surface area contributed by atoms with Crippen molar-refractivity contribution >= 4 is 0 Å². The van der Waals surface area contributed by atoms with Crippen molar-refractivity contribution in [1.29, 1.82) is 0 Å². The zero-order valence-electron chi connectivity index (χ0n) is 7.66. The maximum atomic E-state index is 12.7. The van der Waals surface area contributed by atoms with Crippen molar-refractivity contribution in [2.75, 3.05) is 0 Å². The van der Waals surface area contributed by atoms with Gasteiger partial charge in [0.05, 0.1) is 12.1 Å². The lowest BCUT2D eigenvalue weighted by atomic mass is 10.0. The number of aromatic nitrogens is 1. The van der Waals surface area contributed by atoms with E-state index in [0.717, 1.165) is 0 Å². The van der Waals surface area contributed by atoms with Gasteiger partial charge in [0, 0.05) is 11.8 Å². The maximum absolute atomic E-state index is 12.7. The van der Waals surface area contributed by atoms with E-state index in [1.54, 1.807) is 19.9 Å². The summed E-state index contributed by atoms with van der Waals surface area (Å²) in [5.74, 6) is -0.499. The number of aliphatic hydroxyl groups excluding tert-OH is 1. The number of hydrogen-bond donors (Lipinski definition) is 2. The van der Waals surface area contributed by atoms with Gasteiger partial charge in [-0.05, 0) is 25.5 Å². The van der Waals surface area contributed by atoms with Crippen LogP contribution < -0.4 is 5.73 Å². The van der Waals surface area contributed by atoms with Gasteiger partial charge in [-0.25, -0.2) is 4.98 Å². The van der Waals surface area contributed by atoms with Gasteiger partial charge in [-0.1, -0.05) is 0 Å². The van der Waals surface area contributed by atoms with E-state index in [0.29, 0.717) is 11.1 Å². The van der Waals surface area contributed by atoms with Crippen LogP contribution in [0.5, 0.6) is 0 Å². The van der Waals surface area contributed by atoms with Gasteiger partial charge < -0.3 is 10.8 Å². The van der Waals surface area contributed by atoms with Gasteiger partial charge in [-0.3, -0.25) is 0 Å². The van der Waals surface area contributed by atoms with Crippen LogP contribution in [-0.2, 0) is 0 Å². The fourth-order valence-electron chi connectivity index (χ4n) is 1.04. The average Bonchev–Trinajstić information content (AvgIpc) is 2.08. The van der Waals surface area contributed by atoms with E-state index in [4.69, 9.17) is 5.73 Å². The number of nitrogens with zero attached hydrogens (tertiary/aromatic N) is 1. The normalized spacial score (nSPS) is 15.5. The highest BCUT2D eigenvalue weighted by Crippen LogP contribution is 2.15. The Morgan fingerprint density at radius 1 is 1.62 bits per heavy atom. The number of aliphatic hydroxyl groups is 1. The molecule has 0 unspecified atom stereocenters. The van der Waals surface area contributed by atoms with E-state index < -0.39 is 18.1 Å². The Morgan fingerprint density at radius 3 is 2.69 bits per heavy atom. The second-order valence-electron chi connectivity index (χ2n) is 3.14. The molecule has 3 N–H and O–H groups in total. The van der Waals surface area contributed by atoms with Crippen LogP contribution in [-0.4, -0.2) is 16.2 Å². The Balaban J connectivity index is 2.97. The van der Waals surface area contributed by atoms with E-state index >= 15 is 0 Å². The van der Waals surface area contributed by atoms with Gasteiger partial charge >= 0.3 is 0 Å². The summed E-state index contributed by atoms with van der Waals surface area (Å²) in [5.41, 5.74) is 6.73. The highest BCUT2D eigenvalue weighted by atomic mass is 19.1. The molecule has 0 aliphatic carbocycles. The van der Waals surface area contributed by atoms with Gasteiger partial charge in [0.2, 0.25) is 5.95 Å². The van der Waals surface area contributed by atoms with Crippen molar-refractivity contribution in [1.82, 2.24) is 4.98 Å². The zero-order valence-corrected chi connectivity index (χ0v) is 7.66. The quantitative estimate of drug-likeness (QED) is 0.671. The second kappa shape index (κ2) is 3.81. The van der Waals surface area contributed by atoms with E-state index in [1.165, 1.54) is 6.20 Å². The molecule has 72 valence electrons. The highest BCUT2D eigenvalue weighted by Gasteiger charge is 2.13. The van der Waals surface area contributed by atoms with E-state index in [-0.39, 0.29) is 0 Å². The molecule has 13 heavy (non-hydrogen) atoms. The highest BCUT2D eigenvalue weighted by molar-refractivity contribution is 5.21. The Morgan fingerprint density at radius 2 is 2.23 bits per heavy atom. The summed E-state index contributed by atoms with van der Waals surface area (Å²) < 4.78 is 12.7. The molecule has 0 spiro atoms. The Bertz CT molecular complexity index is 302. The molecule has 0 radical (unpaired) electrons. The molecule has 3 nitrogen and oxygen atoms in total. The SMILES string of the molecule is Cc1cc([C@H](N)[C@@H](C)O)cnc1F. The summed E-state index contributed by atoms with van der Waals surface area (Å²) in [6, 6.07) is 1.09. The van der Waals surface area contributed by atoms with Crippen LogP contribution in [0.3, 0.4) is 0 Å². The summed E-state index contributed by atoms with van der Waals surface area (Å²) in [5, 5.41) is 9.19. The molecule has 1 aromatic rings. The fraction of sp³-hybridized carbons (Fsp3) is 0.444. The molecule has 0 fully saturated rings. The first-order valence-corrected chi connectivity index (χ1v) is 4.08. The predicted octanol–water partition coefficient (Wildman–Crippen LogP) is 0.910. The van der Waals surface area contributed by atoms with Gasteiger partial charge in [-0.15, -0.1) is 0 Å². The minimum absolute atomic E-state index is 0.439. The minimum Gasteiger partial charge on any atom is -0.391 e.